The SMILES string of the molecule is O=C1NC(=O)C2(CCN(S(=O)(=O)C3CCS(=O)(=O)C3)C2)N1. The molecule has 2 N–H and O–H groups in total. The molecule has 0 aromatic heterocycles. The van der Waals surface area contributed by atoms with Gasteiger partial charge < -0.3 is 5.32 Å². The van der Waals surface area contributed by atoms with Crippen LogP contribution in [-0.2, 0) is 24.7 Å². The standard InChI is InChI=1S/C10H15N3O6S2/c14-8-10(12-9(15)11-8)2-3-13(6-10)21(18,19)7-1-4-20(16,17)5-7/h7H,1-6H2,(H2,11,12,14,15). The number of hydrogen-bond acceptors (Lipinski definition) is 6. The first-order valence-electron chi connectivity index (χ1n) is 6.48. The van der Waals surface area contributed by atoms with Crippen molar-refractivity contribution in [3.05, 3.63) is 0 Å². The Morgan fingerprint density at radius 1 is 1.29 bits per heavy atom. The maximum atomic E-state index is 12.5. The van der Waals surface area contributed by atoms with Crippen molar-refractivity contribution in [2.45, 2.75) is 23.6 Å². The normalized spacial score (nSPS) is 36.1. The Morgan fingerprint density at radius 3 is 2.52 bits per heavy atom. The van der Waals surface area contributed by atoms with Gasteiger partial charge in [0.1, 0.15) is 5.54 Å². The number of sulfone groups is 1. The molecule has 2 atom stereocenters. The zero-order chi connectivity index (χ0) is 15.5. The second-order valence-corrected chi connectivity index (χ2v) is 10.1. The summed E-state index contributed by atoms with van der Waals surface area (Å²) in [5.74, 6) is -1.05. The minimum Gasteiger partial charge on any atom is -0.322 e. The Hall–Kier alpha value is -1.20. The molecule has 21 heavy (non-hydrogen) atoms. The van der Waals surface area contributed by atoms with E-state index < -0.39 is 42.6 Å². The molecule has 0 aromatic rings. The second-order valence-electron chi connectivity index (χ2n) is 5.64. The minimum absolute atomic E-state index is 0.0761. The molecule has 0 radical (unpaired) electrons. The van der Waals surface area contributed by atoms with E-state index in [1.54, 1.807) is 0 Å². The van der Waals surface area contributed by atoms with Crippen LogP contribution in [0.1, 0.15) is 12.8 Å². The molecule has 3 amide bonds. The molecule has 0 aromatic carbocycles. The summed E-state index contributed by atoms with van der Waals surface area (Å²) in [5, 5.41) is 3.60. The van der Waals surface area contributed by atoms with E-state index in [0.717, 1.165) is 4.31 Å². The van der Waals surface area contributed by atoms with Crippen LogP contribution in [0.15, 0.2) is 0 Å². The summed E-state index contributed by atoms with van der Waals surface area (Å²) in [7, 11) is -7.10. The van der Waals surface area contributed by atoms with Crippen molar-refractivity contribution in [1.82, 2.24) is 14.9 Å². The Morgan fingerprint density at radius 2 is 2.00 bits per heavy atom. The molecular weight excluding hydrogens is 322 g/mol. The van der Waals surface area contributed by atoms with Gasteiger partial charge in [0.05, 0.1) is 16.8 Å². The topological polar surface area (TPSA) is 130 Å². The molecule has 0 bridgehead atoms. The zero-order valence-corrected chi connectivity index (χ0v) is 12.7. The van der Waals surface area contributed by atoms with E-state index >= 15 is 0 Å². The molecule has 3 heterocycles. The molecule has 11 heteroatoms. The van der Waals surface area contributed by atoms with Gasteiger partial charge in [-0.2, -0.15) is 4.31 Å². The van der Waals surface area contributed by atoms with E-state index in [1.165, 1.54) is 0 Å². The zero-order valence-electron chi connectivity index (χ0n) is 11.0. The summed E-state index contributed by atoms with van der Waals surface area (Å²) in [4.78, 5) is 23.0. The molecule has 0 aliphatic carbocycles. The van der Waals surface area contributed by atoms with Crippen molar-refractivity contribution in [1.29, 1.82) is 0 Å². The van der Waals surface area contributed by atoms with Gasteiger partial charge >= 0.3 is 6.03 Å². The predicted molar refractivity (Wildman–Crippen MR) is 71.6 cm³/mol. The highest BCUT2D eigenvalue weighted by Gasteiger charge is 2.54. The van der Waals surface area contributed by atoms with Gasteiger partial charge in [-0.15, -0.1) is 0 Å². The first-order valence-corrected chi connectivity index (χ1v) is 9.80. The molecule has 3 aliphatic heterocycles. The van der Waals surface area contributed by atoms with Crippen LogP contribution in [-0.4, -0.2) is 68.5 Å². The summed E-state index contributed by atoms with van der Waals surface area (Å²) in [6.07, 6.45) is 0.260. The largest absolute Gasteiger partial charge is 0.322 e. The molecule has 2 unspecified atom stereocenters. The number of imide groups is 1. The van der Waals surface area contributed by atoms with E-state index in [2.05, 4.69) is 10.6 Å². The van der Waals surface area contributed by atoms with E-state index in [1.807, 2.05) is 0 Å². The lowest BCUT2D eigenvalue weighted by Gasteiger charge is -2.23. The van der Waals surface area contributed by atoms with Gasteiger partial charge in [0.15, 0.2) is 9.84 Å². The average Bonchev–Trinajstić information content (AvgIpc) is 3.00. The summed E-state index contributed by atoms with van der Waals surface area (Å²) in [6.45, 7) is -0.0595. The van der Waals surface area contributed by atoms with Crippen molar-refractivity contribution >= 4 is 31.8 Å². The molecule has 3 aliphatic rings. The number of carbonyl (C=O) groups is 2. The number of nitrogens with one attached hydrogen (secondary N) is 2. The van der Waals surface area contributed by atoms with Crippen LogP contribution in [0.5, 0.6) is 0 Å². The molecule has 1 spiro atoms. The fraction of sp³-hybridized carbons (Fsp3) is 0.800. The summed E-state index contributed by atoms with van der Waals surface area (Å²) >= 11 is 0. The number of carbonyl (C=O) groups excluding carboxylic acids is 2. The molecular formula is C10H15N3O6S2. The van der Waals surface area contributed by atoms with Gasteiger partial charge in [0.2, 0.25) is 10.0 Å². The van der Waals surface area contributed by atoms with Crippen LogP contribution >= 0.6 is 0 Å². The third-order valence-corrected chi connectivity index (χ3v) is 8.48. The fourth-order valence-corrected chi connectivity index (χ4v) is 7.60. The lowest BCUT2D eigenvalue weighted by Crippen LogP contribution is -2.50. The van der Waals surface area contributed by atoms with E-state index in [0.29, 0.717) is 0 Å². The monoisotopic (exact) mass is 337 g/mol. The summed E-state index contributed by atoms with van der Waals surface area (Å²) < 4.78 is 48.9. The quantitative estimate of drug-likeness (QED) is 0.549. The van der Waals surface area contributed by atoms with Crippen LogP contribution in [0.25, 0.3) is 0 Å². The Kier molecular flexibility index (Phi) is 3.08. The number of amides is 3. The predicted octanol–water partition coefficient (Wildman–Crippen LogP) is -2.21. The Balaban J connectivity index is 1.80. The summed E-state index contributed by atoms with van der Waals surface area (Å²) in [5.41, 5.74) is -1.22. The highest BCUT2D eigenvalue weighted by molar-refractivity contribution is 7.95. The van der Waals surface area contributed by atoms with Gasteiger partial charge in [-0.1, -0.05) is 0 Å². The highest BCUT2D eigenvalue weighted by atomic mass is 32.2. The number of urea groups is 1. The first-order chi connectivity index (χ1) is 9.65. The number of sulfonamides is 1. The fourth-order valence-electron chi connectivity index (χ4n) is 3.01. The minimum atomic E-state index is -3.79. The molecule has 9 nitrogen and oxygen atoms in total. The van der Waals surface area contributed by atoms with E-state index in [9.17, 15) is 26.4 Å². The second kappa shape index (κ2) is 4.40. The number of rotatable bonds is 2. The van der Waals surface area contributed by atoms with Crippen LogP contribution in [0.2, 0.25) is 0 Å². The molecule has 3 fully saturated rings. The molecule has 3 saturated heterocycles. The number of nitrogens with zero attached hydrogens (tertiary/aromatic N) is 1. The van der Waals surface area contributed by atoms with Gasteiger partial charge in [-0.05, 0) is 12.8 Å². The van der Waals surface area contributed by atoms with Crippen molar-refractivity contribution in [3.63, 3.8) is 0 Å². The van der Waals surface area contributed by atoms with E-state index in [-0.39, 0.29) is 37.4 Å². The third kappa shape index (κ3) is 2.32. The maximum absolute atomic E-state index is 12.5. The molecule has 3 rings (SSSR count). The van der Waals surface area contributed by atoms with Gasteiger partial charge in [-0.25, -0.2) is 21.6 Å². The third-order valence-electron chi connectivity index (χ3n) is 4.22. The highest BCUT2D eigenvalue weighted by Crippen LogP contribution is 2.30. The number of hydrogen-bond donors (Lipinski definition) is 2. The Labute approximate surface area is 122 Å². The van der Waals surface area contributed by atoms with Crippen molar-refractivity contribution in [3.8, 4) is 0 Å². The molecule has 0 saturated carbocycles. The maximum Gasteiger partial charge on any atom is 0.322 e. The van der Waals surface area contributed by atoms with Crippen molar-refractivity contribution in [2.24, 2.45) is 0 Å². The van der Waals surface area contributed by atoms with Crippen molar-refractivity contribution < 1.29 is 26.4 Å². The first kappa shape index (κ1) is 14.7. The van der Waals surface area contributed by atoms with Gasteiger partial charge in [-0.3, -0.25) is 10.1 Å². The smallest absolute Gasteiger partial charge is 0.322 e. The average molecular weight is 337 g/mol. The van der Waals surface area contributed by atoms with E-state index in [4.69, 9.17) is 0 Å². The lowest BCUT2D eigenvalue weighted by atomic mass is 10.00. The van der Waals surface area contributed by atoms with Crippen LogP contribution < -0.4 is 10.6 Å². The Bertz CT molecular complexity index is 715. The molecule has 118 valence electrons. The van der Waals surface area contributed by atoms with Crippen LogP contribution in [0.3, 0.4) is 0 Å². The van der Waals surface area contributed by atoms with Gasteiger partial charge in [0.25, 0.3) is 5.91 Å². The summed E-state index contributed by atoms with van der Waals surface area (Å²) in [6, 6.07) is -0.636. The van der Waals surface area contributed by atoms with Crippen LogP contribution in [0, 0.1) is 0 Å². The lowest BCUT2D eigenvalue weighted by molar-refractivity contribution is -0.123. The van der Waals surface area contributed by atoms with Crippen molar-refractivity contribution in [2.75, 3.05) is 24.6 Å². The van der Waals surface area contributed by atoms with Gasteiger partial charge in [0, 0.05) is 13.1 Å². The van der Waals surface area contributed by atoms with Crippen LogP contribution in [0.4, 0.5) is 4.79 Å².